The predicted molar refractivity (Wildman–Crippen MR) is 98.9 cm³/mol. The average Bonchev–Trinajstić information content (AvgIpc) is 2.50. The van der Waals surface area contributed by atoms with Gasteiger partial charge in [-0.2, -0.15) is 5.26 Å². The summed E-state index contributed by atoms with van der Waals surface area (Å²) in [4.78, 5) is 16.4. The number of amides is 1. The lowest BCUT2D eigenvalue weighted by Gasteiger charge is -2.09. The van der Waals surface area contributed by atoms with Gasteiger partial charge in [-0.3, -0.25) is 4.79 Å². The minimum atomic E-state index is -0.172. The molecule has 2 aromatic rings. The van der Waals surface area contributed by atoms with Crippen LogP contribution < -0.4 is 5.32 Å². The fourth-order valence-electron chi connectivity index (χ4n) is 2.09. The molecule has 7 heteroatoms. The van der Waals surface area contributed by atoms with E-state index in [0.717, 1.165) is 11.3 Å². The third-order valence-corrected chi connectivity index (χ3v) is 4.74. The van der Waals surface area contributed by atoms with E-state index in [0.29, 0.717) is 32.1 Å². The smallest absolute Gasteiger partial charge is 0.225 e. The zero-order valence-electron chi connectivity index (χ0n) is 13.2. The minimum absolute atomic E-state index is 0.172. The highest BCUT2D eigenvalue weighted by Gasteiger charge is 2.11. The monoisotopic (exact) mass is 379 g/mol. The van der Waals surface area contributed by atoms with E-state index >= 15 is 0 Å². The number of benzene rings is 1. The fraction of sp³-hybridized carbons (Fsp3) is 0.235. The van der Waals surface area contributed by atoms with Gasteiger partial charge in [-0.15, -0.1) is 11.8 Å². The van der Waals surface area contributed by atoms with Gasteiger partial charge in [-0.1, -0.05) is 23.2 Å². The molecule has 0 aliphatic heterocycles. The maximum absolute atomic E-state index is 12.0. The molecule has 0 fully saturated rings. The van der Waals surface area contributed by atoms with E-state index in [1.807, 2.05) is 19.9 Å². The number of nitrogens with one attached hydrogen (secondary N) is 1. The lowest BCUT2D eigenvalue weighted by atomic mass is 10.1. The maximum Gasteiger partial charge on any atom is 0.225 e. The normalized spacial score (nSPS) is 10.3. The molecule has 0 aliphatic carbocycles. The van der Waals surface area contributed by atoms with Crippen LogP contribution in [-0.4, -0.2) is 16.6 Å². The van der Waals surface area contributed by atoms with Gasteiger partial charge in [-0.25, -0.2) is 4.98 Å². The first-order valence-electron chi connectivity index (χ1n) is 7.16. The molecule has 0 bridgehead atoms. The van der Waals surface area contributed by atoms with Gasteiger partial charge in [0.05, 0.1) is 16.3 Å². The molecule has 0 aliphatic rings. The van der Waals surface area contributed by atoms with E-state index in [9.17, 15) is 10.1 Å². The molecule has 1 amide bonds. The molecular formula is C17H15Cl2N3OS. The molecule has 0 saturated heterocycles. The Morgan fingerprint density at radius 1 is 1.33 bits per heavy atom. The minimum Gasteiger partial charge on any atom is -0.325 e. The third kappa shape index (κ3) is 4.88. The molecule has 0 spiro atoms. The van der Waals surface area contributed by atoms with Crippen LogP contribution in [0.2, 0.25) is 10.0 Å². The second kappa shape index (κ2) is 8.39. The van der Waals surface area contributed by atoms with Crippen molar-refractivity contribution in [1.29, 1.82) is 5.26 Å². The van der Waals surface area contributed by atoms with Crippen LogP contribution in [0.1, 0.15) is 23.2 Å². The van der Waals surface area contributed by atoms with Gasteiger partial charge >= 0.3 is 0 Å². The number of pyridine rings is 1. The summed E-state index contributed by atoms with van der Waals surface area (Å²) in [5, 5.41) is 13.6. The zero-order valence-corrected chi connectivity index (χ0v) is 15.5. The number of hydrogen-bond donors (Lipinski definition) is 1. The summed E-state index contributed by atoms with van der Waals surface area (Å²) < 4.78 is 0. The van der Waals surface area contributed by atoms with Gasteiger partial charge in [-0.05, 0) is 43.7 Å². The number of thioether (sulfide) groups is 1. The first kappa shape index (κ1) is 18.6. The number of aryl methyl sites for hydroxylation is 2. The van der Waals surface area contributed by atoms with E-state index in [1.165, 1.54) is 11.8 Å². The van der Waals surface area contributed by atoms with Crippen LogP contribution in [-0.2, 0) is 4.79 Å². The van der Waals surface area contributed by atoms with Crippen LogP contribution >= 0.6 is 35.0 Å². The molecule has 124 valence electrons. The number of rotatable bonds is 5. The Balaban J connectivity index is 1.96. The Hall–Kier alpha value is -1.74. The molecule has 1 heterocycles. The molecule has 24 heavy (non-hydrogen) atoms. The zero-order chi connectivity index (χ0) is 17.7. The number of carbonyl (C=O) groups is 1. The van der Waals surface area contributed by atoms with Gasteiger partial charge in [0.1, 0.15) is 11.1 Å². The molecule has 1 aromatic heterocycles. The van der Waals surface area contributed by atoms with Crippen LogP contribution in [0.5, 0.6) is 0 Å². The van der Waals surface area contributed by atoms with E-state index in [-0.39, 0.29) is 12.3 Å². The van der Waals surface area contributed by atoms with E-state index in [2.05, 4.69) is 16.4 Å². The van der Waals surface area contributed by atoms with Crippen molar-refractivity contribution in [3.05, 3.63) is 51.1 Å². The summed E-state index contributed by atoms with van der Waals surface area (Å²) in [6.07, 6.45) is 0.271. The van der Waals surface area contributed by atoms with Crippen LogP contribution in [0.4, 0.5) is 5.69 Å². The summed E-state index contributed by atoms with van der Waals surface area (Å²) in [7, 11) is 0. The lowest BCUT2D eigenvalue weighted by Crippen LogP contribution is -2.12. The Kier molecular flexibility index (Phi) is 6.50. The quantitative estimate of drug-likeness (QED) is 0.742. The van der Waals surface area contributed by atoms with Gasteiger partial charge in [0.15, 0.2) is 0 Å². The van der Waals surface area contributed by atoms with Crippen LogP contribution in [0.25, 0.3) is 0 Å². The van der Waals surface area contributed by atoms with E-state index < -0.39 is 0 Å². The second-order valence-electron chi connectivity index (χ2n) is 5.14. The molecule has 0 saturated carbocycles. The number of anilines is 1. The van der Waals surface area contributed by atoms with Crippen molar-refractivity contribution in [3.8, 4) is 6.07 Å². The van der Waals surface area contributed by atoms with Crippen molar-refractivity contribution in [2.24, 2.45) is 0 Å². The summed E-state index contributed by atoms with van der Waals surface area (Å²) in [6.45, 7) is 3.76. The molecular weight excluding hydrogens is 365 g/mol. The van der Waals surface area contributed by atoms with E-state index in [4.69, 9.17) is 23.2 Å². The first-order valence-corrected chi connectivity index (χ1v) is 8.91. The Morgan fingerprint density at radius 2 is 2.08 bits per heavy atom. The number of carbonyl (C=O) groups excluding carboxylic acids is 1. The van der Waals surface area contributed by atoms with Gasteiger partial charge < -0.3 is 5.32 Å². The van der Waals surface area contributed by atoms with Crippen molar-refractivity contribution < 1.29 is 4.79 Å². The highest BCUT2D eigenvalue weighted by atomic mass is 35.5. The van der Waals surface area contributed by atoms with Crippen molar-refractivity contribution in [1.82, 2.24) is 4.98 Å². The molecule has 0 radical (unpaired) electrons. The van der Waals surface area contributed by atoms with Gasteiger partial charge in [0.2, 0.25) is 5.91 Å². The summed E-state index contributed by atoms with van der Waals surface area (Å²) >= 11 is 13.3. The van der Waals surface area contributed by atoms with Gasteiger partial charge in [0.25, 0.3) is 0 Å². The number of nitriles is 1. The van der Waals surface area contributed by atoms with Crippen LogP contribution in [0.15, 0.2) is 29.3 Å². The Morgan fingerprint density at radius 3 is 2.79 bits per heavy atom. The van der Waals surface area contributed by atoms with Crippen molar-refractivity contribution in [2.75, 3.05) is 11.1 Å². The first-order chi connectivity index (χ1) is 11.4. The SMILES string of the molecule is Cc1cc(C)c(C#N)c(SCCC(=O)Nc2cc(Cl)ccc2Cl)n1. The van der Waals surface area contributed by atoms with E-state index in [1.54, 1.807) is 18.2 Å². The number of aromatic nitrogens is 1. The highest BCUT2D eigenvalue weighted by molar-refractivity contribution is 7.99. The number of halogens is 2. The highest BCUT2D eigenvalue weighted by Crippen LogP contribution is 2.27. The topological polar surface area (TPSA) is 65.8 Å². The number of hydrogen-bond acceptors (Lipinski definition) is 4. The van der Waals surface area contributed by atoms with Crippen LogP contribution in [0, 0.1) is 25.2 Å². The average molecular weight is 380 g/mol. The molecule has 1 N–H and O–H groups in total. The van der Waals surface area contributed by atoms with Gasteiger partial charge in [0, 0.05) is 22.9 Å². The Labute approximate surface area is 155 Å². The fourth-order valence-corrected chi connectivity index (χ4v) is 3.47. The summed E-state index contributed by atoms with van der Waals surface area (Å²) in [5.41, 5.74) is 2.79. The summed E-state index contributed by atoms with van der Waals surface area (Å²) in [6, 6.07) is 8.93. The standard InChI is InChI=1S/C17H15Cl2N3OS/c1-10-7-11(2)21-17(13(10)9-20)24-6-5-16(23)22-15-8-12(18)3-4-14(15)19/h3-4,7-8H,5-6H2,1-2H3,(H,22,23). The molecule has 1 aromatic carbocycles. The van der Waals surface area contributed by atoms with Crippen molar-refractivity contribution in [3.63, 3.8) is 0 Å². The Bertz CT molecular complexity index is 818. The second-order valence-corrected chi connectivity index (χ2v) is 7.07. The number of nitrogens with zero attached hydrogens (tertiary/aromatic N) is 2. The van der Waals surface area contributed by atoms with Crippen molar-refractivity contribution >= 4 is 46.6 Å². The molecule has 4 nitrogen and oxygen atoms in total. The molecule has 2 rings (SSSR count). The molecule has 0 unspecified atom stereocenters. The summed E-state index contributed by atoms with van der Waals surface area (Å²) in [5.74, 6) is 0.337. The van der Waals surface area contributed by atoms with Crippen molar-refractivity contribution in [2.45, 2.75) is 25.3 Å². The lowest BCUT2D eigenvalue weighted by molar-refractivity contribution is -0.115. The predicted octanol–water partition coefficient (Wildman–Crippen LogP) is 5.00. The molecule has 0 atom stereocenters. The third-order valence-electron chi connectivity index (χ3n) is 3.19. The largest absolute Gasteiger partial charge is 0.325 e. The maximum atomic E-state index is 12.0. The van der Waals surface area contributed by atoms with Crippen LogP contribution in [0.3, 0.4) is 0 Å².